The minimum atomic E-state index is -0.550. The lowest BCUT2D eigenvalue weighted by atomic mass is 9.66. The topological polar surface area (TPSA) is 38.8 Å². The molecule has 1 heterocycles. The van der Waals surface area contributed by atoms with Crippen molar-refractivity contribution in [1.29, 1.82) is 0 Å². The third-order valence-electron chi connectivity index (χ3n) is 8.67. The maximum atomic E-state index is 13.3. The second-order valence-electron chi connectivity index (χ2n) is 11.4. The maximum absolute atomic E-state index is 13.3. The molecule has 4 nitrogen and oxygen atoms in total. The van der Waals surface area contributed by atoms with Gasteiger partial charge in [-0.1, -0.05) is 79.7 Å². The standard InChI is InChI=1S/C33H39NO3/c1-24-15-20-29(30(35)21-24)32(2,3)34-23-33(27-16-18-28(36-4)19-17-27,31(34)26-13-9-6-10-14-26)37-22-25-11-7-5-8-12-25/h5-14,16-19,24,29,31H,15,20-23H2,1-4H3/t24-,29-,31+,33+/m1/s1. The van der Waals surface area contributed by atoms with Crippen molar-refractivity contribution < 1.29 is 14.3 Å². The Morgan fingerprint density at radius 2 is 1.57 bits per heavy atom. The molecule has 1 saturated carbocycles. The van der Waals surface area contributed by atoms with Crippen LogP contribution in [0.2, 0.25) is 0 Å². The predicted molar refractivity (Wildman–Crippen MR) is 147 cm³/mol. The lowest BCUT2D eigenvalue weighted by Crippen LogP contribution is -2.70. The SMILES string of the molecule is COc1ccc([C@@]2(OCc3ccccc3)CN(C(C)(C)[C@@H]3CC[C@@H](C)CC3=O)[C@H]2c2ccccc2)cc1. The number of likely N-dealkylation sites (tertiary alicyclic amines) is 1. The van der Waals surface area contributed by atoms with Gasteiger partial charge in [0.15, 0.2) is 0 Å². The van der Waals surface area contributed by atoms with Crippen LogP contribution >= 0.6 is 0 Å². The smallest absolute Gasteiger partial charge is 0.138 e. The van der Waals surface area contributed by atoms with E-state index in [9.17, 15) is 4.79 Å². The lowest BCUT2D eigenvalue weighted by molar-refractivity contribution is -0.240. The molecular weight excluding hydrogens is 458 g/mol. The van der Waals surface area contributed by atoms with Crippen molar-refractivity contribution in [2.45, 2.75) is 63.8 Å². The number of benzene rings is 3. The van der Waals surface area contributed by atoms with E-state index in [0.29, 0.717) is 24.7 Å². The molecule has 0 unspecified atom stereocenters. The molecule has 0 spiro atoms. The number of rotatable bonds is 8. The molecule has 1 aliphatic carbocycles. The van der Waals surface area contributed by atoms with Gasteiger partial charge in [-0.2, -0.15) is 0 Å². The zero-order valence-corrected chi connectivity index (χ0v) is 22.5. The fourth-order valence-electron chi connectivity index (χ4n) is 6.45. The Hall–Kier alpha value is -2.95. The summed E-state index contributed by atoms with van der Waals surface area (Å²) < 4.78 is 12.4. The molecule has 2 fully saturated rings. The maximum Gasteiger partial charge on any atom is 0.138 e. The predicted octanol–water partition coefficient (Wildman–Crippen LogP) is 6.95. The van der Waals surface area contributed by atoms with E-state index in [1.165, 1.54) is 5.56 Å². The Balaban J connectivity index is 1.56. The Morgan fingerprint density at radius 3 is 2.19 bits per heavy atom. The fraction of sp³-hybridized carbons (Fsp3) is 0.424. The third-order valence-corrected chi connectivity index (χ3v) is 8.67. The molecule has 37 heavy (non-hydrogen) atoms. The van der Waals surface area contributed by atoms with Crippen molar-refractivity contribution in [3.05, 3.63) is 102 Å². The van der Waals surface area contributed by atoms with Gasteiger partial charge >= 0.3 is 0 Å². The average Bonchev–Trinajstić information content (AvgIpc) is 2.89. The Morgan fingerprint density at radius 1 is 0.919 bits per heavy atom. The number of ether oxygens (including phenoxy) is 2. The molecule has 194 valence electrons. The summed E-state index contributed by atoms with van der Waals surface area (Å²) in [5.74, 6) is 1.74. The van der Waals surface area contributed by atoms with Crippen LogP contribution < -0.4 is 4.74 Å². The van der Waals surface area contributed by atoms with Crippen LogP contribution in [0.25, 0.3) is 0 Å². The van der Waals surface area contributed by atoms with Crippen LogP contribution in [0.4, 0.5) is 0 Å². The van der Waals surface area contributed by atoms with E-state index in [-0.39, 0.29) is 17.5 Å². The number of hydrogen-bond donors (Lipinski definition) is 0. The van der Waals surface area contributed by atoms with Crippen LogP contribution in [0, 0.1) is 11.8 Å². The van der Waals surface area contributed by atoms with Crippen molar-refractivity contribution >= 4 is 5.78 Å². The number of nitrogens with zero attached hydrogens (tertiary/aromatic N) is 1. The number of hydrogen-bond acceptors (Lipinski definition) is 4. The Bertz CT molecular complexity index is 1190. The van der Waals surface area contributed by atoms with Crippen molar-refractivity contribution in [2.75, 3.05) is 13.7 Å². The summed E-state index contributed by atoms with van der Waals surface area (Å²) in [5.41, 5.74) is 2.66. The summed E-state index contributed by atoms with van der Waals surface area (Å²) >= 11 is 0. The van der Waals surface area contributed by atoms with Gasteiger partial charge in [-0.15, -0.1) is 0 Å². The molecule has 1 saturated heterocycles. The summed E-state index contributed by atoms with van der Waals surface area (Å²) in [6, 6.07) is 29.3. The van der Waals surface area contributed by atoms with Crippen LogP contribution in [0.5, 0.6) is 5.75 Å². The lowest BCUT2D eigenvalue weighted by Gasteiger charge is -2.64. The van der Waals surface area contributed by atoms with Crippen LogP contribution in [-0.2, 0) is 21.7 Å². The Kier molecular flexibility index (Phi) is 7.24. The first-order valence-electron chi connectivity index (χ1n) is 13.5. The van der Waals surface area contributed by atoms with Crippen LogP contribution in [0.3, 0.4) is 0 Å². The monoisotopic (exact) mass is 497 g/mol. The van der Waals surface area contributed by atoms with Gasteiger partial charge in [0.25, 0.3) is 0 Å². The molecule has 1 aliphatic heterocycles. The highest BCUT2D eigenvalue weighted by atomic mass is 16.5. The van der Waals surface area contributed by atoms with Crippen molar-refractivity contribution in [3.8, 4) is 5.75 Å². The normalized spacial score (nSPS) is 26.5. The second kappa shape index (κ2) is 10.4. The number of Topliss-reactive ketones (excluding diaryl/α,β-unsaturated/α-hetero) is 1. The highest BCUT2D eigenvalue weighted by Crippen LogP contribution is 2.57. The quantitative estimate of drug-likeness (QED) is 0.338. The van der Waals surface area contributed by atoms with E-state index in [1.54, 1.807) is 7.11 Å². The molecule has 4 atom stereocenters. The van der Waals surface area contributed by atoms with Crippen molar-refractivity contribution in [3.63, 3.8) is 0 Å². The molecule has 0 amide bonds. The molecule has 5 rings (SSSR count). The highest BCUT2D eigenvalue weighted by molar-refractivity contribution is 5.83. The molecule has 4 heteroatoms. The summed E-state index contributed by atoms with van der Waals surface area (Å²) in [5, 5.41) is 0. The first-order valence-corrected chi connectivity index (χ1v) is 13.5. The van der Waals surface area contributed by atoms with Gasteiger partial charge in [-0.25, -0.2) is 0 Å². The summed E-state index contributed by atoms with van der Waals surface area (Å²) in [6.07, 6.45) is 2.75. The largest absolute Gasteiger partial charge is 0.497 e. The number of methoxy groups -OCH3 is 1. The van der Waals surface area contributed by atoms with Gasteiger partial charge in [0.1, 0.15) is 17.1 Å². The van der Waals surface area contributed by atoms with Gasteiger partial charge in [0.05, 0.1) is 19.8 Å². The van der Waals surface area contributed by atoms with E-state index in [0.717, 1.165) is 36.3 Å². The molecule has 0 N–H and O–H groups in total. The summed E-state index contributed by atoms with van der Waals surface area (Å²) in [4.78, 5) is 15.8. The van der Waals surface area contributed by atoms with E-state index in [1.807, 2.05) is 18.2 Å². The van der Waals surface area contributed by atoms with Crippen LogP contribution in [-0.4, -0.2) is 29.9 Å². The van der Waals surface area contributed by atoms with Crippen molar-refractivity contribution in [1.82, 2.24) is 4.90 Å². The number of carbonyl (C=O) groups is 1. The second-order valence-corrected chi connectivity index (χ2v) is 11.4. The number of carbonyl (C=O) groups excluding carboxylic acids is 1. The number of ketones is 1. The average molecular weight is 498 g/mol. The van der Waals surface area contributed by atoms with Crippen LogP contribution in [0.15, 0.2) is 84.9 Å². The first kappa shape index (κ1) is 25.7. The molecular formula is C33H39NO3. The Labute approximate surface area is 221 Å². The molecule has 0 radical (unpaired) electrons. The summed E-state index contributed by atoms with van der Waals surface area (Å²) in [7, 11) is 1.69. The minimum Gasteiger partial charge on any atom is -0.497 e. The highest BCUT2D eigenvalue weighted by Gasteiger charge is 2.61. The zero-order valence-electron chi connectivity index (χ0n) is 22.5. The van der Waals surface area contributed by atoms with Gasteiger partial charge in [-0.05, 0) is 61.4 Å². The van der Waals surface area contributed by atoms with Gasteiger partial charge in [0.2, 0.25) is 0 Å². The fourth-order valence-corrected chi connectivity index (χ4v) is 6.45. The minimum absolute atomic E-state index is 0.0204. The van der Waals surface area contributed by atoms with E-state index >= 15 is 0 Å². The van der Waals surface area contributed by atoms with Crippen molar-refractivity contribution in [2.24, 2.45) is 11.8 Å². The zero-order chi connectivity index (χ0) is 26.0. The van der Waals surface area contributed by atoms with Gasteiger partial charge < -0.3 is 9.47 Å². The molecule has 2 aliphatic rings. The molecule has 3 aromatic carbocycles. The van der Waals surface area contributed by atoms with E-state index < -0.39 is 5.60 Å². The van der Waals surface area contributed by atoms with Crippen LogP contribution in [0.1, 0.15) is 62.8 Å². The van der Waals surface area contributed by atoms with Gasteiger partial charge in [-0.3, -0.25) is 9.69 Å². The molecule has 3 aromatic rings. The molecule has 0 aromatic heterocycles. The summed E-state index contributed by atoms with van der Waals surface area (Å²) in [6.45, 7) is 7.96. The van der Waals surface area contributed by atoms with E-state index in [4.69, 9.17) is 9.47 Å². The third kappa shape index (κ3) is 4.85. The first-order chi connectivity index (χ1) is 17.8. The van der Waals surface area contributed by atoms with Gasteiger partial charge in [0, 0.05) is 24.4 Å². The van der Waals surface area contributed by atoms with E-state index in [2.05, 4.69) is 92.4 Å². The molecule has 0 bridgehead atoms.